The minimum Gasteiger partial charge on any atom is -0.390 e. The molecule has 0 bridgehead atoms. The van der Waals surface area contributed by atoms with Crippen LogP contribution in [0.25, 0.3) is 0 Å². The largest absolute Gasteiger partial charge is 0.390 e. The lowest BCUT2D eigenvalue weighted by atomic mass is 9.70. The van der Waals surface area contributed by atoms with E-state index in [4.69, 9.17) is 0 Å². The third-order valence-electron chi connectivity index (χ3n) is 7.78. The van der Waals surface area contributed by atoms with Crippen LogP contribution in [0.5, 0.6) is 0 Å². The molecule has 1 spiro atoms. The molecule has 0 aromatic heterocycles. The Morgan fingerprint density at radius 3 is 2.39 bits per heavy atom. The second kappa shape index (κ2) is 6.86. The Morgan fingerprint density at radius 2 is 1.79 bits per heavy atom. The van der Waals surface area contributed by atoms with E-state index in [0.29, 0.717) is 24.2 Å². The molecular weight excluding hydrogens is 346 g/mol. The number of hydrogen-bond donors (Lipinski definition) is 1. The minimum absolute atomic E-state index is 0.0560. The fourth-order valence-corrected chi connectivity index (χ4v) is 5.84. The van der Waals surface area contributed by atoms with Gasteiger partial charge in [0, 0.05) is 19.0 Å². The normalized spacial score (nSPS) is 32.4. The number of carbonyl (C=O) groups is 1. The van der Waals surface area contributed by atoms with Crippen LogP contribution in [0.4, 0.5) is 0 Å². The number of hydrogen-bond acceptors (Lipinski definition) is 2. The van der Waals surface area contributed by atoms with Gasteiger partial charge in [-0.3, -0.25) is 4.79 Å². The third-order valence-corrected chi connectivity index (χ3v) is 7.78. The van der Waals surface area contributed by atoms with Gasteiger partial charge in [-0.15, -0.1) is 0 Å². The molecule has 1 atom stereocenters. The van der Waals surface area contributed by atoms with Crippen molar-refractivity contribution in [3.05, 3.63) is 35.4 Å². The van der Waals surface area contributed by atoms with Gasteiger partial charge in [0.15, 0.2) is 0 Å². The van der Waals surface area contributed by atoms with Gasteiger partial charge in [-0.25, -0.2) is 0 Å². The van der Waals surface area contributed by atoms with Crippen LogP contribution in [0.15, 0.2) is 24.3 Å². The Balaban J connectivity index is 1.36. The maximum absolute atomic E-state index is 12.7. The van der Waals surface area contributed by atoms with E-state index in [-0.39, 0.29) is 17.2 Å². The molecule has 4 rings (SSSR count). The molecule has 1 unspecified atom stereocenters. The molecule has 0 radical (unpaired) electrons. The molecule has 2 aliphatic carbocycles. The van der Waals surface area contributed by atoms with Crippen LogP contribution in [0, 0.1) is 11.3 Å². The standard InChI is InChI=1S/C25H37NO2/c1-23(2,3)21-7-5-6-18(14-21)19-8-9-25(17-19)10-12-26(13-11-25)22(27)20-15-24(4,28)16-20/h5-7,14,19-20,28H,8-13,15-17H2,1-4H3/t19?,20-,24+. The highest BCUT2D eigenvalue weighted by Gasteiger charge is 2.47. The summed E-state index contributed by atoms with van der Waals surface area (Å²) in [5.41, 5.74) is 2.97. The molecule has 1 aromatic rings. The summed E-state index contributed by atoms with van der Waals surface area (Å²) >= 11 is 0. The fourth-order valence-electron chi connectivity index (χ4n) is 5.84. The van der Waals surface area contributed by atoms with Crippen molar-refractivity contribution in [3.63, 3.8) is 0 Å². The van der Waals surface area contributed by atoms with Gasteiger partial charge in [-0.2, -0.15) is 0 Å². The number of benzene rings is 1. The van der Waals surface area contributed by atoms with E-state index in [9.17, 15) is 9.90 Å². The minimum atomic E-state index is -0.613. The first-order valence-electron chi connectivity index (χ1n) is 11.2. The smallest absolute Gasteiger partial charge is 0.225 e. The van der Waals surface area contributed by atoms with E-state index in [2.05, 4.69) is 49.9 Å². The Kier molecular flexibility index (Phi) is 4.89. The summed E-state index contributed by atoms with van der Waals surface area (Å²) in [5, 5.41) is 9.93. The molecule has 3 heteroatoms. The van der Waals surface area contributed by atoms with Crippen LogP contribution in [0.1, 0.15) is 89.7 Å². The quantitative estimate of drug-likeness (QED) is 0.779. The topological polar surface area (TPSA) is 40.5 Å². The number of piperidine rings is 1. The maximum atomic E-state index is 12.7. The van der Waals surface area contributed by atoms with E-state index in [1.165, 1.54) is 30.4 Å². The Labute approximate surface area is 170 Å². The van der Waals surface area contributed by atoms with Crippen LogP contribution in [-0.4, -0.2) is 34.6 Å². The van der Waals surface area contributed by atoms with E-state index in [0.717, 1.165) is 25.9 Å². The number of nitrogens with zero attached hydrogens (tertiary/aromatic N) is 1. The maximum Gasteiger partial charge on any atom is 0.225 e. The summed E-state index contributed by atoms with van der Waals surface area (Å²) in [6.45, 7) is 10.5. The second-order valence-electron chi connectivity index (χ2n) is 11.2. The monoisotopic (exact) mass is 383 g/mol. The average Bonchev–Trinajstić information content (AvgIpc) is 3.03. The van der Waals surface area contributed by atoms with Crippen LogP contribution in [0.3, 0.4) is 0 Å². The van der Waals surface area contributed by atoms with Crippen molar-refractivity contribution in [2.24, 2.45) is 11.3 Å². The lowest BCUT2D eigenvalue weighted by Gasteiger charge is -2.45. The SMILES string of the molecule is CC(C)(C)c1cccc(C2CCC3(CCN(C(=O)[C@H]4C[C@@](C)(O)C4)CC3)C2)c1. The highest BCUT2D eigenvalue weighted by molar-refractivity contribution is 5.80. The van der Waals surface area contributed by atoms with Crippen molar-refractivity contribution in [2.45, 2.75) is 89.6 Å². The molecule has 1 heterocycles. The number of carbonyl (C=O) groups excluding carboxylic acids is 1. The van der Waals surface area contributed by atoms with Crippen LogP contribution in [-0.2, 0) is 10.2 Å². The zero-order valence-corrected chi connectivity index (χ0v) is 18.1. The van der Waals surface area contributed by atoms with E-state index in [1.807, 2.05) is 6.92 Å². The van der Waals surface area contributed by atoms with Gasteiger partial charge in [0.05, 0.1) is 5.60 Å². The van der Waals surface area contributed by atoms with Gasteiger partial charge >= 0.3 is 0 Å². The lowest BCUT2D eigenvalue weighted by molar-refractivity contribution is -0.151. The molecule has 3 fully saturated rings. The molecule has 1 N–H and O–H groups in total. The Morgan fingerprint density at radius 1 is 1.11 bits per heavy atom. The van der Waals surface area contributed by atoms with Gasteiger partial charge in [-0.05, 0) is 79.7 Å². The van der Waals surface area contributed by atoms with Gasteiger partial charge < -0.3 is 10.0 Å². The lowest BCUT2D eigenvalue weighted by Crippen LogP contribution is -2.52. The van der Waals surface area contributed by atoms with Crippen molar-refractivity contribution in [1.29, 1.82) is 0 Å². The van der Waals surface area contributed by atoms with Crippen molar-refractivity contribution >= 4 is 5.91 Å². The Hall–Kier alpha value is -1.35. The van der Waals surface area contributed by atoms with Crippen molar-refractivity contribution in [1.82, 2.24) is 4.90 Å². The first-order chi connectivity index (χ1) is 13.1. The number of rotatable bonds is 2. The molecule has 1 aliphatic heterocycles. The molecule has 1 aromatic carbocycles. The first kappa shape index (κ1) is 19.9. The highest BCUT2D eigenvalue weighted by Crippen LogP contribution is 2.53. The number of amides is 1. The third kappa shape index (κ3) is 3.87. The summed E-state index contributed by atoms with van der Waals surface area (Å²) in [4.78, 5) is 14.8. The average molecular weight is 384 g/mol. The highest BCUT2D eigenvalue weighted by atomic mass is 16.3. The summed E-state index contributed by atoms with van der Waals surface area (Å²) < 4.78 is 0. The molecule has 3 aliphatic rings. The van der Waals surface area contributed by atoms with Crippen LogP contribution >= 0.6 is 0 Å². The molecular formula is C25H37NO2. The number of aliphatic hydroxyl groups is 1. The summed E-state index contributed by atoms with van der Waals surface area (Å²) in [6, 6.07) is 9.25. The molecule has 1 amide bonds. The summed E-state index contributed by atoms with van der Waals surface area (Å²) in [7, 11) is 0. The predicted molar refractivity (Wildman–Crippen MR) is 113 cm³/mol. The number of likely N-dealkylation sites (tertiary alicyclic amines) is 1. The van der Waals surface area contributed by atoms with Crippen LogP contribution in [0.2, 0.25) is 0 Å². The molecule has 3 nitrogen and oxygen atoms in total. The van der Waals surface area contributed by atoms with Gasteiger partial charge in [0.25, 0.3) is 0 Å². The zero-order valence-electron chi connectivity index (χ0n) is 18.1. The summed E-state index contributed by atoms with van der Waals surface area (Å²) in [5.74, 6) is 1.01. The van der Waals surface area contributed by atoms with Gasteiger partial charge in [0.1, 0.15) is 0 Å². The molecule has 28 heavy (non-hydrogen) atoms. The van der Waals surface area contributed by atoms with Crippen LogP contribution < -0.4 is 0 Å². The van der Waals surface area contributed by atoms with E-state index < -0.39 is 5.60 Å². The van der Waals surface area contributed by atoms with E-state index >= 15 is 0 Å². The van der Waals surface area contributed by atoms with Crippen molar-refractivity contribution < 1.29 is 9.90 Å². The second-order valence-corrected chi connectivity index (χ2v) is 11.2. The first-order valence-corrected chi connectivity index (χ1v) is 11.2. The van der Waals surface area contributed by atoms with Crippen molar-refractivity contribution in [3.8, 4) is 0 Å². The van der Waals surface area contributed by atoms with Gasteiger partial charge in [0.2, 0.25) is 5.91 Å². The molecule has 1 saturated heterocycles. The Bertz CT molecular complexity index is 729. The predicted octanol–water partition coefficient (Wildman–Crippen LogP) is 5.02. The molecule has 154 valence electrons. The fraction of sp³-hybridized carbons (Fsp3) is 0.720. The molecule has 2 saturated carbocycles. The summed E-state index contributed by atoms with van der Waals surface area (Å²) in [6.07, 6.45) is 7.44. The van der Waals surface area contributed by atoms with Gasteiger partial charge in [-0.1, -0.05) is 45.0 Å². The van der Waals surface area contributed by atoms with Crippen molar-refractivity contribution in [2.75, 3.05) is 13.1 Å². The van der Waals surface area contributed by atoms with E-state index in [1.54, 1.807) is 0 Å². The zero-order chi connectivity index (χ0) is 20.2.